The summed E-state index contributed by atoms with van der Waals surface area (Å²) in [6, 6.07) is 10.1. The zero-order valence-electron chi connectivity index (χ0n) is 13.7. The molecule has 120 valence electrons. The fourth-order valence-corrected chi connectivity index (χ4v) is 3.40. The van der Waals surface area contributed by atoms with Crippen molar-refractivity contribution >= 4 is 34.1 Å². The number of allylic oxidation sites excluding steroid dienone is 2. The van der Waals surface area contributed by atoms with Gasteiger partial charge in [0.15, 0.2) is 5.78 Å². The third kappa shape index (κ3) is 5.81. The van der Waals surface area contributed by atoms with E-state index in [1.54, 1.807) is 6.92 Å². The Hall–Kier alpha value is -1.33. The first-order valence-electron chi connectivity index (χ1n) is 7.45. The highest BCUT2D eigenvalue weighted by Crippen LogP contribution is 2.23. The summed E-state index contributed by atoms with van der Waals surface area (Å²) in [4.78, 5) is 14.7. The van der Waals surface area contributed by atoms with Crippen LogP contribution in [-0.4, -0.2) is 28.1 Å². The number of hydrogen-bond acceptors (Lipinski definition) is 4. The molecule has 0 aliphatic rings. The highest BCUT2D eigenvalue weighted by atomic mass is 32.2. The van der Waals surface area contributed by atoms with Crippen molar-refractivity contribution in [2.75, 3.05) is 13.1 Å². The molecule has 0 unspecified atom stereocenters. The van der Waals surface area contributed by atoms with Crippen molar-refractivity contribution in [2.45, 2.75) is 34.2 Å². The van der Waals surface area contributed by atoms with Gasteiger partial charge in [0, 0.05) is 25.3 Å². The van der Waals surface area contributed by atoms with Crippen molar-refractivity contribution in [1.82, 2.24) is 10.2 Å². The van der Waals surface area contributed by atoms with Gasteiger partial charge in [-0.25, -0.2) is 0 Å². The fraction of sp³-hybridized carbons (Fsp3) is 0.412. The molecule has 1 N–H and O–H groups in total. The average Bonchev–Trinajstić information content (AvgIpc) is 2.52. The third-order valence-corrected chi connectivity index (χ3v) is 5.01. The first-order valence-corrected chi connectivity index (χ1v) is 8.68. The van der Waals surface area contributed by atoms with Gasteiger partial charge in [-0.3, -0.25) is 4.79 Å². The summed E-state index contributed by atoms with van der Waals surface area (Å²) in [5.74, 6) is 0.0394. The second-order valence-electron chi connectivity index (χ2n) is 4.89. The maximum absolute atomic E-state index is 11.9. The molecule has 1 rings (SSSR count). The molecule has 0 saturated carbocycles. The molecule has 3 nitrogen and oxygen atoms in total. The van der Waals surface area contributed by atoms with Gasteiger partial charge in [-0.05, 0) is 33.3 Å². The van der Waals surface area contributed by atoms with Gasteiger partial charge < -0.3 is 10.2 Å². The van der Waals surface area contributed by atoms with Crippen LogP contribution in [0, 0.1) is 0 Å². The number of Topliss-reactive ketones (excluding diaryl/α,β-unsaturated/α-hetero) is 1. The Labute approximate surface area is 143 Å². The van der Waals surface area contributed by atoms with Gasteiger partial charge in [-0.1, -0.05) is 54.3 Å². The third-order valence-electron chi connectivity index (χ3n) is 3.27. The molecule has 0 aliphatic carbocycles. The molecule has 5 heteroatoms. The normalized spacial score (nSPS) is 11.6. The van der Waals surface area contributed by atoms with Crippen LogP contribution in [0.4, 0.5) is 0 Å². The van der Waals surface area contributed by atoms with Crippen LogP contribution in [0.5, 0.6) is 0 Å². The van der Waals surface area contributed by atoms with Gasteiger partial charge in [0.25, 0.3) is 0 Å². The monoisotopic (exact) mass is 336 g/mol. The molecule has 0 aliphatic heterocycles. The van der Waals surface area contributed by atoms with E-state index in [1.807, 2.05) is 25.1 Å². The van der Waals surface area contributed by atoms with Crippen molar-refractivity contribution in [1.29, 1.82) is 0 Å². The Kier molecular flexibility index (Phi) is 8.20. The number of thiocarbonyl (C=S) groups is 1. The summed E-state index contributed by atoms with van der Waals surface area (Å²) in [6.45, 7) is 10.0. The quantitative estimate of drug-likeness (QED) is 0.602. The van der Waals surface area contributed by atoms with E-state index in [0.717, 1.165) is 23.1 Å². The number of benzene rings is 1. The Morgan fingerprint density at radius 1 is 1.18 bits per heavy atom. The largest absolute Gasteiger partial charge is 0.383 e. The fourth-order valence-electron chi connectivity index (χ4n) is 1.96. The van der Waals surface area contributed by atoms with E-state index >= 15 is 0 Å². The minimum atomic E-state index is 0.0394. The van der Waals surface area contributed by atoms with E-state index in [-0.39, 0.29) is 5.78 Å². The molecule has 0 radical (unpaired) electrons. The van der Waals surface area contributed by atoms with Crippen molar-refractivity contribution in [3.8, 4) is 0 Å². The number of hydrogen-bond donors (Lipinski definition) is 1. The Balaban J connectivity index is 2.79. The number of carbonyl (C=O) groups excluding carboxylic acids is 1. The predicted octanol–water partition coefficient (Wildman–Crippen LogP) is 3.96. The van der Waals surface area contributed by atoms with E-state index in [4.69, 9.17) is 12.2 Å². The van der Waals surface area contributed by atoms with Gasteiger partial charge in [0.1, 0.15) is 4.32 Å². The number of ketones is 1. The van der Waals surface area contributed by atoms with Crippen molar-refractivity contribution in [2.24, 2.45) is 0 Å². The van der Waals surface area contributed by atoms with E-state index in [2.05, 4.69) is 36.2 Å². The van der Waals surface area contributed by atoms with E-state index < -0.39 is 0 Å². The van der Waals surface area contributed by atoms with Gasteiger partial charge in [-0.2, -0.15) is 0 Å². The molecule has 0 fully saturated rings. The molecular formula is C17H24N2OS2. The lowest BCUT2D eigenvalue weighted by atomic mass is 10.2. The average molecular weight is 337 g/mol. The molecular weight excluding hydrogens is 312 g/mol. The first-order chi connectivity index (χ1) is 10.5. The van der Waals surface area contributed by atoms with E-state index in [9.17, 15) is 4.79 Å². The van der Waals surface area contributed by atoms with Crippen LogP contribution >= 0.6 is 24.0 Å². The summed E-state index contributed by atoms with van der Waals surface area (Å²) in [5.41, 5.74) is 2.05. The summed E-state index contributed by atoms with van der Waals surface area (Å²) in [5, 5.41) is 3.32. The second-order valence-corrected chi connectivity index (χ2v) is 6.53. The van der Waals surface area contributed by atoms with Crippen molar-refractivity contribution in [3.63, 3.8) is 0 Å². The summed E-state index contributed by atoms with van der Waals surface area (Å²) in [7, 11) is 0. The smallest absolute Gasteiger partial charge is 0.168 e. The number of nitrogens with one attached hydrogen (secondary N) is 1. The number of rotatable bonds is 7. The summed E-state index contributed by atoms with van der Waals surface area (Å²) >= 11 is 6.82. The first kappa shape index (κ1) is 18.7. The minimum absolute atomic E-state index is 0.0394. The van der Waals surface area contributed by atoms with Crippen LogP contribution in [-0.2, 0) is 11.3 Å². The second kappa shape index (κ2) is 9.64. The van der Waals surface area contributed by atoms with Gasteiger partial charge in [0.2, 0.25) is 0 Å². The lowest BCUT2D eigenvalue weighted by molar-refractivity contribution is -0.113. The highest BCUT2D eigenvalue weighted by Gasteiger charge is 2.15. The maximum Gasteiger partial charge on any atom is 0.168 e. The number of nitrogens with zero attached hydrogens (tertiary/aromatic N) is 1. The topological polar surface area (TPSA) is 32.3 Å². The van der Waals surface area contributed by atoms with Crippen LogP contribution < -0.4 is 5.32 Å². The molecule has 0 amide bonds. The van der Waals surface area contributed by atoms with E-state index in [1.165, 1.54) is 17.3 Å². The highest BCUT2D eigenvalue weighted by molar-refractivity contribution is 8.26. The zero-order valence-corrected chi connectivity index (χ0v) is 15.3. The number of carbonyl (C=O) groups is 1. The minimum Gasteiger partial charge on any atom is -0.383 e. The molecule has 1 aromatic rings. The molecule has 0 atom stereocenters. The Bertz CT molecular complexity index is 537. The molecule has 1 aromatic carbocycles. The molecule has 0 spiro atoms. The lowest BCUT2D eigenvalue weighted by Gasteiger charge is -2.22. The summed E-state index contributed by atoms with van der Waals surface area (Å²) < 4.78 is 0.746. The van der Waals surface area contributed by atoms with Gasteiger partial charge in [-0.15, -0.1) is 0 Å². The Morgan fingerprint density at radius 2 is 1.77 bits per heavy atom. The van der Waals surface area contributed by atoms with Gasteiger partial charge in [0.05, 0.1) is 4.91 Å². The number of thioether (sulfide) groups is 1. The van der Waals surface area contributed by atoms with Crippen LogP contribution in [0.3, 0.4) is 0 Å². The predicted molar refractivity (Wildman–Crippen MR) is 99.8 cm³/mol. The van der Waals surface area contributed by atoms with Crippen molar-refractivity contribution in [3.05, 3.63) is 46.5 Å². The lowest BCUT2D eigenvalue weighted by Crippen LogP contribution is -2.27. The van der Waals surface area contributed by atoms with E-state index in [0.29, 0.717) is 11.4 Å². The summed E-state index contributed by atoms with van der Waals surface area (Å²) in [6.07, 6.45) is 0. The standard InChI is InChI=1S/C17H24N2OS2/c1-5-19(6-2)17(21)22-16(14(4)20)13(3)18-12-15-10-8-7-9-11-15/h7-11,18H,5-6,12H2,1-4H3/b16-13+. The van der Waals surface area contributed by atoms with Crippen molar-refractivity contribution < 1.29 is 4.79 Å². The molecule has 0 saturated heterocycles. The van der Waals surface area contributed by atoms with Crippen LogP contribution in [0.1, 0.15) is 33.3 Å². The van der Waals surface area contributed by atoms with Crippen LogP contribution in [0.15, 0.2) is 40.9 Å². The zero-order chi connectivity index (χ0) is 16.5. The molecule has 0 aromatic heterocycles. The molecule has 22 heavy (non-hydrogen) atoms. The Morgan fingerprint density at radius 3 is 2.27 bits per heavy atom. The van der Waals surface area contributed by atoms with Gasteiger partial charge >= 0.3 is 0 Å². The SMILES string of the molecule is CCN(CC)C(=S)S/C(C(C)=O)=C(\C)NCc1ccccc1. The molecule has 0 bridgehead atoms. The van der Waals surface area contributed by atoms with Crippen LogP contribution in [0.2, 0.25) is 0 Å². The molecule has 0 heterocycles. The van der Waals surface area contributed by atoms with Crippen LogP contribution in [0.25, 0.3) is 0 Å². The maximum atomic E-state index is 11.9.